The minimum Gasteiger partial charge on any atom is -0.497 e. The Morgan fingerprint density at radius 1 is 1.11 bits per heavy atom. The summed E-state index contributed by atoms with van der Waals surface area (Å²) in [4.78, 5) is 12.4. The van der Waals surface area contributed by atoms with Gasteiger partial charge >= 0.3 is 0 Å². The largest absolute Gasteiger partial charge is 0.497 e. The van der Waals surface area contributed by atoms with Crippen LogP contribution < -0.4 is 4.74 Å². The lowest BCUT2D eigenvalue weighted by molar-refractivity contribution is 0.0967. The summed E-state index contributed by atoms with van der Waals surface area (Å²) in [6.45, 7) is 2.33. The molecule has 27 heavy (non-hydrogen) atoms. The molecule has 2 aromatic rings. The summed E-state index contributed by atoms with van der Waals surface area (Å²) in [6, 6.07) is 11.9. The predicted octanol–water partition coefficient (Wildman–Crippen LogP) is 3.60. The zero-order chi connectivity index (χ0) is 19.2. The summed E-state index contributed by atoms with van der Waals surface area (Å²) in [5, 5.41) is 0. The molecule has 0 amide bonds. The van der Waals surface area contributed by atoms with E-state index in [1.165, 1.54) is 0 Å². The summed E-state index contributed by atoms with van der Waals surface area (Å²) in [6.07, 6.45) is 2.52. The molecule has 1 atom stereocenters. The number of hydrogen-bond acceptors (Lipinski definition) is 4. The highest BCUT2D eigenvalue weighted by Crippen LogP contribution is 2.36. The maximum absolute atomic E-state index is 13.2. The number of carbonyl (C=O) groups excluding carboxylic acids is 1. The first-order valence-electron chi connectivity index (χ1n) is 9.25. The van der Waals surface area contributed by atoms with Gasteiger partial charge in [-0.2, -0.15) is 4.31 Å². The van der Waals surface area contributed by atoms with E-state index in [0.29, 0.717) is 18.5 Å². The van der Waals surface area contributed by atoms with Gasteiger partial charge in [0.1, 0.15) is 5.75 Å². The van der Waals surface area contributed by atoms with Crippen LogP contribution >= 0.6 is 0 Å². The summed E-state index contributed by atoms with van der Waals surface area (Å²) >= 11 is 0. The number of ketones is 1. The van der Waals surface area contributed by atoms with Gasteiger partial charge in [0.2, 0.25) is 10.0 Å². The number of sulfonamides is 1. The van der Waals surface area contributed by atoms with Crippen molar-refractivity contribution in [1.82, 2.24) is 4.31 Å². The molecule has 1 aliphatic carbocycles. The molecule has 1 heterocycles. The number of ether oxygens (including phenoxy) is 1. The second-order valence-electron chi connectivity index (χ2n) is 7.27. The molecule has 0 aromatic heterocycles. The van der Waals surface area contributed by atoms with E-state index in [0.717, 1.165) is 29.7 Å². The average molecular weight is 385 g/mol. The van der Waals surface area contributed by atoms with Crippen molar-refractivity contribution in [1.29, 1.82) is 0 Å². The minimum atomic E-state index is -3.63. The Bertz CT molecular complexity index is 978. The third-order valence-corrected chi connectivity index (χ3v) is 7.51. The van der Waals surface area contributed by atoms with E-state index in [2.05, 4.69) is 0 Å². The van der Waals surface area contributed by atoms with Gasteiger partial charge in [0, 0.05) is 24.1 Å². The third kappa shape index (κ3) is 3.28. The van der Waals surface area contributed by atoms with Crippen molar-refractivity contribution >= 4 is 15.8 Å². The fourth-order valence-electron chi connectivity index (χ4n) is 3.75. The van der Waals surface area contributed by atoms with Gasteiger partial charge in [-0.25, -0.2) is 8.42 Å². The van der Waals surface area contributed by atoms with Crippen LogP contribution in [0.15, 0.2) is 47.4 Å². The lowest BCUT2D eigenvalue weighted by Gasteiger charge is -2.34. The third-order valence-electron chi connectivity index (χ3n) is 5.53. The molecule has 0 bridgehead atoms. The fourth-order valence-corrected chi connectivity index (χ4v) is 5.36. The Hall–Kier alpha value is -2.18. The minimum absolute atomic E-state index is 0.119. The van der Waals surface area contributed by atoms with E-state index < -0.39 is 10.0 Å². The highest BCUT2D eigenvalue weighted by molar-refractivity contribution is 7.89. The van der Waals surface area contributed by atoms with Crippen LogP contribution in [0.1, 0.15) is 47.3 Å². The van der Waals surface area contributed by atoms with Crippen LogP contribution in [-0.2, 0) is 16.4 Å². The Balaban J connectivity index is 1.60. The van der Waals surface area contributed by atoms with Crippen molar-refractivity contribution in [2.75, 3.05) is 13.7 Å². The molecule has 5 nitrogen and oxygen atoms in total. The van der Waals surface area contributed by atoms with Crippen molar-refractivity contribution < 1.29 is 17.9 Å². The van der Waals surface area contributed by atoms with Crippen LogP contribution in [0.4, 0.5) is 0 Å². The first-order valence-corrected chi connectivity index (χ1v) is 10.7. The van der Waals surface area contributed by atoms with Gasteiger partial charge in [0.15, 0.2) is 5.78 Å². The maximum atomic E-state index is 13.2. The van der Waals surface area contributed by atoms with E-state index in [1.54, 1.807) is 35.7 Å². The molecule has 0 radical (unpaired) electrons. The van der Waals surface area contributed by atoms with E-state index in [4.69, 9.17) is 4.74 Å². The predicted molar refractivity (Wildman–Crippen MR) is 103 cm³/mol. The van der Waals surface area contributed by atoms with Crippen molar-refractivity contribution in [3.63, 3.8) is 0 Å². The Labute approximate surface area is 160 Å². The smallest absolute Gasteiger partial charge is 0.243 e. The van der Waals surface area contributed by atoms with Crippen LogP contribution in [0.3, 0.4) is 0 Å². The molecule has 1 unspecified atom stereocenters. The van der Waals surface area contributed by atoms with Gasteiger partial charge in [-0.15, -0.1) is 0 Å². The summed E-state index contributed by atoms with van der Waals surface area (Å²) in [7, 11) is -2.00. The van der Waals surface area contributed by atoms with Crippen LogP contribution in [0.5, 0.6) is 5.75 Å². The standard InChI is InChI=1S/C21H23NO4S/c1-14-20-10-7-18(26-2)13-17(20)11-12-22(14)27(24,25)19-8-5-16(6-9-19)21(23)15-3-4-15/h5-10,13-15H,3-4,11-12H2,1-2H3. The van der Waals surface area contributed by atoms with Crippen molar-refractivity contribution in [2.45, 2.75) is 37.1 Å². The van der Waals surface area contributed by atoms with E-state index in [1.807, 2.05) is 25.1 Å². The Morgan fingerprint density at radius 3 is 2.44 bits per heavy atom. The average Bonchev–Trinajstić information content (AvgIpc) is 3.52. The molecule has 4 rings (SSSR count). The molecule has 2 aliphatic rings. The molecule has 1 fully saturated rings. The van der Waals surface area contributed by atoms with Gasteiger partial charge in [-0.1, -0.05) is 18.2 Å². The quantitative estimate of drug-likeness (QED) is 0.738. The highest BCUT2D eigenvalue weighted by Gasteiger charge is 2.35. The van der Waals surface area contributed by atoms with Crippen LogP contribution in [0, 0.1) is 5.92 Å². The molecule has 0 spiro atoms. The summed E-state index contributed by atoms with van der Waals surface area (Å²) in [5.74, 6) is 1.03. The molecule has 1 aliphatic heterocycles. The molecule has 6 heteroatoms. The number of Topliss-reactive ketones (excluding diaryl/α,β-unsaturated/α-hetero) is 1. The van der Waals surface area contributed by atoms with E-state index >= 15 is 0 Å². The maximum Gasteiger partial charge on any atom is 0.243 e. The van der Waals surface area contributed by atoms with Gasteiger partial charge in [-0.05, 0) is 61.6 Å². The summed E-state index contributed by atoms with van der Waals surface area (Å²) in [5.41, 5.74) is 2.73. The lowest BCUT2D eigenvalue weighted by atomic mass is 9.95. The van der Waals surface area contributed by atoms with Crippen molar-refractivity contribution in [2.24, 2.45) is 5.92 Å². The molecule has 142 valence electrons. The number of nitrogens with zero attached hydrogens (tertiary/aromatic N) is 1. The molecular weight excluding hydrogens is 362 g/mol. The monoisotopic (exact) mass is 385 g/mol. The normalized spacial score (nSPS) is 20.1. The topological polar surface area (TPSA) is 63.7 Å². The lowest BCUT2D eigenvalue weighted by Crippen LogP contribution is -2.38. The summed E-state index contributed by atoms with van der Waals surface area (Å²) < 4.78 is 33.2. The number of rotatable bonds is 5. The first kappa shape index (κ1) is 18.2. The van der Waals surface area contributed by atoms with E-state index in [9.17, 15) is 13.2 Å². The van der Waals surface area contributed by atoms with E-state index in [-0.39, 0.29) is 22.6 Å². The fraction of sp³-hybridized carbons (Fsp3) is 0.381. The van der Waals surface area contributed by atoms with Gasteiger partial charge in [-0.3, -0.25) is 4.79 Å². The van der Waals surface area contributed by atoms with Gasteiger partial charge < -0.3 is 4.74 Å². The zero-order valence-electron chi connectivity index (χ0n) is 15.5. The molecule has 2 aromatic carbocycles. The SMILES string of the molecule is COc1ccc2c(c1)CCN(S(=O)(=O)c1ccc(C(=O)C3CC3)cc1)C2C. The first-order chi connectivity index (χ1) is 12.9. The number of benzene rings is 2. The second kappa shape index (κ2) is 6.77. The second-order valence-corrected chi connectivity index (χ2v) is 9.16. The van der Waals surface area contributed by atoms with Gasteiger partial charge in [0.05, 0.1) is 12.0 Å². The van der Waals surface area contributed by atoms with Crippen LogP contribution in [0.2, 0.25) is 0 Å². The zero-order valence-corrected chi connectivity index (χ0v) is 16.3. The van der Waals surface area contributed by atoms with Crippen LogP contribution in [0.25, 0.3) is 0 Å². The van der Waals surface area contributed by atoms with Crippen LogP contribution in [-0.4, -0.2) is 32.2 Å². The molecular formula is C21H23NO4S. The number of methoxy groups -OCH3 is 1. The highest BCUT2D eigenvalue weighted by atomic mass is 32.2. The number of carbonyl (C=O) groups is 1. The Kier molecular flexibility index (Phi) is 4.56. The van der Waals surface area contributed by atoms with Crippen molar-refractivity contribution in [3.05, 3.63) is 59.2 Å². The van der Waals surface area contributed by atoms with Crippen molar-refractivity contribution in [3.8, 4) is 5.75 Å². The number of hydrogen-bond donors (Lipinski definition) is 0. The molecule has 0 N–H and O–H groups in total. The van der Waals surface area contributed by atoms with Gasteiger partial charge in [0.25, 0.3) is 0 Å². The molecule has 0 saturated heterocycles. The molecule has 1 saturated carbocycles. The Morgan fingerprint density at radius 2 is 1.81 bits per heavy atom. The number of fused-ring (bicyclic) bond motifs is 1.